The number of anilines is 1. The molecule has 2 aromatic carbocycles. The summed E-state index contributed by atoms with van der Waals surface area (Å²) in [7, 11) is 0. The van der Waals surface area contributed by atoms with E-state index in [0.29, 0.717) is 17.8 Å². The summed E-state index contributed by atoms with van der Waals surface area (Å²) in [6.45, 7) is 3.11. The van der Waals surface area contributed by atoms with Crippen LogP contribution in [-0.2, 0) is 6.54 Å². The molecule has 0 radical (unpaired) electrons. The highest BCUT2D eigenvalue weighted by molar-refractivity contribution is 5.89. The van der Waals surface area contributed by atoms with Gasteiger partial charge >= 0.3 is 6.03 Å². The molecule has 2 amide bonds. The van der Waals surface area contributed by atoms with E-state index in [1.807, 2.05) is 0 Å². The van der Waals surface area contributed by atoms with Crippen LogP contribution in [0.2, 0.25) is 0 Å². The van der Waals surface area contributed by atoms with Gasteiger partial charge in [0.05, 0.1) is 0 Å². The molecule has 0 aromatic heterocycles. The fourth-order valence-electron chi connectivity index (χ4n) is 4.64. The van der Waals surface area contributed by atoms with Crippen LogP contribution in [0.4, 0.5) is 14.9 Å². The van der Waals surface area contributed by atoms with Crippen LogP contribution in [0.3, 0.4) is 0 Å². The molecule has 2 aromatic rings. The third-order valence-corrected chi connectivity index (χ3v) is 6.05. The predicted molar refractivity (Wildman–Crippen MR) is 110 cm³/mol. The second-order valence-corrected chi connectivity index (χ2v) is 8.17. The monoisotopic (exact) mass is 381 g/mol. The van der Waals surface area contributed by atoms with E-state index < -0.39 is 0 Å². The van der Waals surface area contributed by atoms with Gasteiger partial charge in [-0.05, 0) is 62.4 Å². The van der Waals surface area contributed by atoms with Gasteiger partial charge < -0.3 is 10.6 Å². The summed E-state index contributed by atoms with van der Waals surface area (Å²) in [5, 5.41) is 5.94. The molecule has 0 unspecified atom stereocenters. The average Bonchev–Trinajstić information content (AvgIpc) is 2.66. The molecule has 148 valence electrons. The van der Waals surface area contributed by atoms with Crippen molar-refractivity contribution in [3.8, 4) is 0 Å². The van der Waals surface area contributed by atoms with Gasteiger partial charge in [-0.25, -0.2) is 9.18 Å². The first kappa shape index (κ1) is 18.9. The van der Waals surface area contributed by atoms with Gasteiger partial charge in [0.25, 0.3) is 0 Å². The minimum absolute atomic E-state index is 0.185. The van der Waals surface area contributed by atoms with Crippen LogP contribution in [0.1, 0.15) is 43.2 Å². The topological polar surface area (TPSA) is 44.4 Å². The summed E-state index contributed by atoms with van der Waals surface area (Å²) in [6.07, 6.45) is 5.63. The zero-order valence-corrected chi connectivity index (χ0v) is 16.3. The van der Waals surface area contributed by atoms with Crippen molar-refractivity contribution >= 4 is 11.7 Å². The Hall–Kier alpha value is -2.40. The Labute approximate surface area is 166 Å². The van der Waals surface area contributed by atoms with Gasteiger partial charge in [-0.2, -0.15) is 0 Å². The molecule has 2 N–H and O–H groups in total. The molecule has 2 aliphatic heterocycles. The molecule has 4 rings (SSSR count). The van der Waals surface area contributed by atoms with Crippen LogP contribution in [-0.4, -0.2) is 29.1 Å². The molecular formula is C23H28FN3O. The molecule has 0 spiro atoms. The Kier molecular flexibility index (Phi) is 5.62. The van der Waals surface area contributed by atoms with E-state index >= 15 is 0 Å². The van der Waals surface area contributed by atoms with Crippen molar-refractivity contribution in [2.45, 2.75) is 63.7 Å². The smallest absolute Gasteiger partial charge is 0.319 e. The maximum atomic E-state index is 13.0. The van der Waals surface area contributed by atoms with Crippen LogP contribution < -0.4 is 10.6 Å². The zero-order valence-electron chi connectivity index (χ0n) is 16.3. The van der Waals surface area contributed by atoms with Gasteiger partial charge in [0.1, 0.15) is 5.82 Å². The lowest BCUT2D eigenvalue weighted by Gasteiger charge is -2.49. The number of hydrogen-bond acceptors (Lipinski definition) is 2. The van der Waals surface area contributed by atoms with Crippen molar-refractivity contribution in [1.29, 1.82) is 0 Å². The van der Waals surface area contributed by atoms with Crippen LogP contribution in [0.25, 0.3) is 0 Å². The Morgan fingerprint density at radius 2 is 1.68 bits per heavy atom. The number of rotatable bonds is 4. The van der Waals surface area contributed by atoms with E-state index in [9.17, 15) is 9.18 Å². The molecule has 2 heterocycles. The summed E-state index contributed by atoms with van der Waals surface area (Å²) in [5.41, 5.74) is 3.26. The number of fused-ring (bicyclic) bond motifs is 2. The number of nitrogens with zero attached hydrogens (tertiary/aromatic N) is 1. The number of carbonyl (C=O) groups excluding carboxylic acids is 1. The standard InChI is InChI=1S/C23H28FN3O/c1-16-5-7-17(8-6-16)15-27-21-3-2-4-22(27)14-20(13-21)26-23(28)25-19-11-9-18(24)10-12-19/h5-12,20-22H,2-4,13-15H2,1H3,(H2,25,26,28)/t21-,22-/m0/s1. The SMILES string of the molecule is Cc1ccc(CN2[C@H]3CCC[C@H]2CC(NC(=O)Nc2ccc(F)cc2)C3)cc1. The Bertz CT molecular complexity index is 792. The molecule has 5 heteroatoms. The number of amides is 2. The average molecular weight is 381 g/mol. The molecule has 0 aliphatic carbocycles. The predicted octanol–water partition coefficient (Wildman–Crippen LogP) is 4.84. The lowest BCUT2D eigenvalue weighted by atomic mass is 9.81. The summed E-state index contributed by atoms with van der Waals surface area (Å²) in [6, 6.07) is 15.7. The largest absolute Gasteiger partial charge is 0.335 e. The summed E-state index contributed by atoms with van der Waals surface area (Å²) < 4.78 is 13.0. The number of hydrogen-bond donors (Lipinski definition) is 2. The highest BCUT2D eigenvalue weighted by Gasteiger charge is 2.38. The Morgan fingerprint density at radius 3 is 2.32 bits per heavy atom. The van der Waals surface area contributed by atoms with Crippen molar-refractivity contribution in [2.75, 3.05) is 5.32 Å². The second kappa shape index (κ2) is 8.31. The Balaban J connectivity index is 1.35. The molecule has 4 nitrogen and oxygen atoms in total. The third kappa shape index (κ3) is 4.53. The van der Waals surface area contributed by atoms with E-state index in [1.165, 1.54) is 42.5 Å². The fraction of sp³-hybridized carbons (Fsp3) is 0.435. The minimum atomic E-state index is -0.306. The number of carbonyl (C=O) groups is 1. The van der Waals surface area contributed by atoms with E-state index in [-0.39, 0.29) is 17.9 Å². The molecule has 28 heavy (non-hydrogen) atoms. The van der Waals surface area contributed by atoms with Gasteiger partial charge in [-0.3, -0.25) is 4.90 Å². The first-order chi connectivity index (χ1) is 13.6. The second-order valence-electron chi connectivity index (χ2n) is 8.17. The first-order valence-electron chi connectivity index (χ1n) is 10.2. The fourth-order valence-corrected chi connectivity index (χ4v) is 4.64. The maximum absolute atomic E-state index is 13.0. The van der Waals surface area contributed by atoms with Gasteiger partial charge in [0.15, 0.2) is 0 Å². The molecular weight excluding hydrogens is 353 g/mol. The highest BCUT2D eigenvalue weighted by atomic mass is 19.1. The van der Waals surface area contributed by atoms with Crippen molar-refractivity contribution in [2.24, 2.45) is 0 Å². The number of nitrogens with one attached hydrogen (secondary N) is 2. The number of benzene rings is 2. The van der Waals surface area contributed by atoms with E-state index in [2.05, 4.69) is 46.7 Å². The Morgan fingerprint density at radius 1 is 1.04 bits per heavy atom. The quantitative estimate of drug-likeness (QED) is 0.796. The van der Waals surface area contributed by atoms with E-state index in [0.717, 1.165) is 19.4 Å². The normalized spacial score (nSPS) is 24.6. The number of urea groups is 1. The molecule has 2 bridgehead atoms. The van der Waals surface area contributed by atoms with E-state index in [4.69, 9.17) is 0 Å². The van der Waals surface area contributed by atoms with Gasteiger partial charge in [-0.1, -0.05) is 36.2 Å². The molecule has 2 saturated heterocycles. The molecule has 2 atom stereocenters. The van der Waals surface area contributed by atoms with Gasteiger partial charge in [-0.15, -0.1) is 0 Å². The van der Waals surface area contributed by atoms with Crippen molar-refractivity contribution in [3.05, 3.63) is 65.5 Å². The lowest BCUT2D eigenvalue weighted by Crippen LogP contribution is -2.56. The third-order valence-electron chi connectivity index (χ3n) is 6.05. The first-order valence-corrected chi connectivity index (χ1v) is 10.2. The minimum Gasteiger partial charge on any atom is -0.335 e. The number of piperidine rings is 2. The van der Waals surface area contributed by atoms with E-state index in [1.54, 1.807) is 12.1 Å². The van der Waals surface area contributed by atoms with Gasteiger partial charge in [0, 0.05) is 30.4 Å². The summed E-state index contributed by atoms with van der Waals surface area (Å²) in [5.74, 6) is -0.306. The summed E-state index contributed by atoms with van der Waals surface area (Å²) in [4.78, 5) is 15.0. The van der Waals surface area contributed by atoms with Gasteiger partial charge in [0.2, 0.25) is 0 Å². The molecule has 0 saturated carbocycles. The number of aryl methyl sites for hydroxylation is 1. The lowest BCUT2D eigenvalue weighted by molar-refractivity contribution is 0.0200. The van der Waals surface area contributed by atoms with Crippen molar-refractivity contribution in [1.82, 2.24) is 10.2 Å². The molecule has 2 aliphatic rings. The maximum Gasteiger partial charge on any atom is 0.319 e. The van der Waals surface area contributed by atoms with Crippen molar-refractivity contribution in [3.63, 3.8) is 0 Å². The number of halogens is 1. The summed E-state index contributed by atoms with van der Waals surface area (Å²) >= 11 is 0. The van der Waals surface area contributed by atoms with Crippen LogP contribution >= 0.6 is 0 Å². The highest BCUT2D eigenvalue weighted by Crippen LogP contribution is 2.35. The zero-order chi connectivity index (χ0) is 19.5. The van der Waals surface area contributed by atoms with Crippen LogP contribution in [0, 0.1) is 12.7 Å². The molecule has 2 fully saturated rings. The van der Waals surface area contributed by atoms with Crippen molar-refractivity contribution < 1.29 is 9.18 Å². The van der Waals surface area contributed by atoms with Crippen LogP contribution in [0.15, 0.2) is 48.5 Å². The van der Waals surface area contributed by atoms with Crippen LogP contribution in [0.5, 0.6) is 0 Å².